The van der Waals surface area contributed by atoms with Crippen LogP contribution in [0, 0.1) is 18.8 Å². The Bertz CT molecular complexity index is 593. The number of aryl methyl sites for hydroxylation is 1. The highest BCUT2D eigenvalue weighted by Gasteiger charge is 1.97. The Labute approximate surface area is 112 Å². The lowest BCUT2D eigenvalue weighted by molar-refractivity contribution is 0.291. The van der Waals surface area contributed by atoms with Gasteiger partial charge in [0.2, 0.25) is 0 Å². The molecule has 0 aliphatic carbocycles. The summed E-state index contributed by atoms with van der Waals surface area (Å²) < 4.78 is 7.50. The molecule has 2 aromatic rings. The van der Waals surface area contributed by atoms with Gasteiger partial charge < -0.3 is 9.84 Å². The van der Waals surface area contributed by atoms with Crippen molar-refractivity contribution in [1.82, 2.24) is 9.78 Å². The molecule has 1 N–H and O–H groups in total. The van der Waals surface area contributed by atoms with Gasteiger partial charge in [0.1, 0.15) is 19.0 Å². The van der Waals surface area contributed by atoms with Crippen molar-refractivity contribution in [3.63, 3.8) is 0 Å². The number of nitrogens with zero attached hydrogens (tertiary/aromatic N) is 2. The van der Waals surface area contributed by atoms with Gasteiger partial charge in [-0.2, -0.15) is 5.10 Å². The minimum atomic E-state index is -0.135. The van der Waals surface area contributed by atoms with E-state index in [2.05, 4.69) is 16.9 Å². The van der Waals surface area contributed by atoms with Crippen molar-refractivity contribution in [1.29, 1.82) is 0 Å². The first kappa shape index (κ1) is 13.2. The molecule has 0 fully saturated rings. The summed E-state index contributed by atoms with van der Waals surface area (Å²) in [6.45, 7) is 3.13. The number of aliphatic hydroxyl groups excluding tert-OH is 1. The van der Waals surface area contributed by atoms with Gasteiger partial charge in [0.15, 0.2) is 0 Å². The standard InChI is InChI=1S/C15H16N2O2/c1-13-11-16-17(12-13)7-9-19-15-6-2-4-14(10-15)5-3-8-18/h2,4,6,10-12,18H,7-9H2,1H3. The van der Waals surface area contributed by atoms with Gasteiger partial charge in [0, 0.05) is 11.8 Å². The van der Waals surface area contributed by atoms with E-state index < -0.39 is 0 Å². The van der Waals surface area contributed by atoms with Crippen LogP contribution in [0.25, 0.3) is 0 Å². The Morgan fingerprint density at radius 3 is 3.05 bits per heavy atom. The van der Waals surface area contributed by atoms with E-state index in [9.17, 15) is 0 Å². The molecule has 2 rings (SSSR count). The van der Waals surface area contributed by atoms with E-state index in [1.165, 1.54) is 0 Å². The summed E-state index contributed by atoms with van der Waals surface area (Å²) >= 11 is 0. The molecule has 19 heavy (non-hydrogen) atoms. The van der Waals surface area contributed by atoms with Crippen LogP contribution in [0.15, 0.2) is 36.7 Å². The molecule has 1 aromatic heterocycles. The van der Waals surface area contributed by atoms with Crippen LogP contribution in [-0.2, 0) is 6.54 Å². The molecule has 0 saturated heterocycles. The maximum Gasteiger partial charge on any atom is 0.120 e. The monoisotopic (exact) mass is 256 g/mol. The molecule has 0 atom stereocenters. The highest BCUT2D eigenvalue weighted by molar-refractivity contribution is 5.39. The molecule has 0 bridgehead atoms. The van der Waals surface area contributed by atoms with Gasteiger partial charge in [-0.25, -0.2) is 0 Å². The fourth-order valence-electron chi connectivity index (χ4n) is 1.65. The molecule has 0 amide bonds. The third-order valence-electron chi connectivity index (χ3n) is 2.50. The summed E-state index contributed by atoms with van der Waals surface area (Å²) in [4.78, 5) is 0. The van der Waals surface area contributed by atoms with E-state index >= 15 is 0 Å². The highest BCUT2D eigenvalue weighted by atomic mass is 16.5. The predicted octanol–water partition coefficient (Wildman–Crippen LogP) is 1.61. The Hall–Kier alpha value is -2.25. The molecule has 1 heterocycles. The summed E-state index contributed by atoms with van der Waals surface area (Å²) in [5.74, 6) is 6.23. The second-order valence-electron chi connectivity index (χ2n) is 4.12. The summed E-state index contributed by atoms with van der Waals surface area (Å²) in [6.07, 6.45) is 3.80. The molecule has 0 saturated carbocycles. The molecule has 4 nitrogen and oxygen atoms in total. The predicted molar refractivity (Wildman–Crippen MR) is 72.9 cm³/mol. The zero-order valence-corrected chi connectivity index (χ0v) is 10.8. The van der Waals surface area contributed by atoms with Gasteiger partial charge in [-0.05, 0) is 30.7 Å². The lowest BCUT2D eigenvalue weighted by Crippen LogP contribution is -2.08. The van der Waals surface area contributed by atoms with E-state index in [-0.39, 0.29) is 6.61 Å². The van der Waals surface area contributed by atoms with Crippen LogP contribution in [0.5, 0.6) is 5.75 Å². The molecule has 98 valence electrons. The number of rotatable bonds is 4. The van der Waals surface area contributed by atoms with Crippen molar-refractivity contribution in [2.45, 2.75) is 13.5 Å². The first-order chi connectivity index (χ1) is 9.28. The average molecular weight is 256 g/mol. The first-order valence-corrected chi connectivity index (χ1v) is 6.09. The van der Waals surface area contributed by atoms with Gasteiger partial charge in [-0.1, -0.05) is 17.9 Å². The molecular weight excluding hydrogens is 240 g/mol. The fraction of sp³-hybridized carbons (Fsp3) is 0.267. The Kier molecular flexibility index (Phi) is 4.60. The molecule has 4 heteroatoms. The molecule has 0 aliphatic rings. The van der Waals surface area contributed by atoms with Crippen LogP contribution in [0.3, 0.4) is 0 Å². The van der Waals surface area contributed by atoms with Crippen molar-refractivity contribution in [3.05, 3.63) is 47.8 Å². The lowest BCUT2D eigenvalue weighted by Gasteiger charge is -2.06. The minimum Gasteiger partial charge on any atom is -0.492 e. The molecule has 1 aromatic carbocycles. The summed E-state index contributed by atoms with van der Waals surface area (Å²) in [6, 6.07) is 7.51. The van der Waals surface area contributed by atoms with Gasteiger partial charge in [-0.3, -0.25) is 4.68 Å². The Morgan fingerprint density at radius 1 is 1.42 bits per heavy atom. The maximum absolute atomic E-state index is 8.65. The van der Waals surface area contributed by atoms with Gasteiger partial charge in [0.05, 0.1) is 12.7 Å². The first-order valence-electron chi connectivity index (χ1n) is 6.09. The summed E-state index contributed by atoms with van der Waals surface area (Å²) in [5, 5.41) is 12.8. The van der Waals surface area contributed by atoms with Crippen molar-refractivity contribution in [2.75, 3.05) is 13.2 Å². The third kappa shape index (κ3) is 4.16. The van der Waals surface area contributed by atoms with E-state index in [0.29, 0.717) is 13.2 Å². The van der Waals surface area contributed by atoms with Crippen molar-refractivity contribution < 1.29 is 9.84 Å². The van der Waals surface area contributed by atoms with Gasteiger partial charge in [-0.15, -0.1) is 0 Å². The number of hydrogen-bond acceptors (Lipinski definition) is 3. The van der Waals surface area contributed by atoms with Crippen LogP contribution >= 0.6 is 0 Å². The lowest BCUT2D eigenvalue weighted by atomic mass is 10.2. The van der Waals surface area contributed by atoms with Crippen LogP contribution in [0.4, 0.5) is 0 Å². The maximum atomic E-state index is 8.65. The van der Waals surface area contributed by atoms with Crippen LogP contribution in [-0.4, -0.2) is 28.1 Å². The highest BCUT2D eigenvalue weighted by Crippen LogP contribution is 2.12. The normalized spacial score (nSPS) is 9.79. The van der Waals surface area contributed by atoms with E-state index in [4.69, 9.17) is 9.84 Å². The Balaban J connectivity index is 1.89. The number of aromatic nitrogens is 2. The van der Waals surface area contributed by atoms with Gasteiger partial charge >= 0.3 is 0 Å². The smallest absolute Gasteiger partial charge is 0.120 e. The van der Waals surface area contributed by atoms with Crippen molar-refractivity contribution in [2.24, 2.45) is 0 Å². The topological polar surface area (TPSA) is 47.3 Å². The minimum absolute atomic E-state index is 0.135. The van der Waals surface area contributed by atoms with Gasteiger partial charge in [0.25, 0.3) is 0 Å². The molecular formula is C15H16N2O2. The molecule has 0 spiro atoms. The molecule has 0 unspecified atom stereocenters. The van der Waals surface area contributed by atoms with Crippen LogP contribution in [0.1, 0.15) is 11.1 Å². The van der Waals surface area contributed by atoms with E-state index in [1.54, 1.807) is 0 Å². The largest absolute Gasteiger partial charge is 0.492 e. The van der Waals surface area contributed by atoms with E-state index in [1.807, 2.05) is 48.3 Å². The fourth-order valence-corrected chi connectivity index (χ4v) is 1.65. The van der Waals surface area contributed by atoms with Crippen molar-refractivity contribution >= 4 is 0 Å². The third-order valence-corrected chi connectivity index (χ3v) is 2.50. The quantitative estimate of drug-likeness (QED) is 0.845. The Morgan fingerprint density at radius 2 is 2.32 bits per heavy atom. The SMILES string of the molecule is Cc1cnn(CCOc2cccc(C#CCO)c2)c1. The average Bonchev–Trinajstić information content (AvgIpc) is 2.83. The second-order valence-corrected chi connectivity index (χ2v) is 4.12. The molecule has 0 aliphatic heterocycles. The van der Waals surface area contributed by atoms with Crippen LogP contribution in [0.2, 0.25) is 0 Å². The van der Waals surface area contributed by atoms with E-state index in [0.717, 1.165) is 16.9 Å². The number of benzene rings is 1. The zero-order valence-electron chi connectivity index (χ0n) is 10.8. The summed E-state index contributed by atoms with van der Waals surface area (Å²) in [5.41, 5.74) is 1.97. The zero-order chi connectivity index (χ0) is 13.5. The number of ether oxygens (including phenoxy) is 1. The van der Waals surface area contributed by atoms with Crippen molar-refractivity contribution in [3.8, 4) is 17.6 Å². The number of hydrogen-bond donors (Lipinski definition) is 1. The second kappa shape index (κ2) is 6.62. The summed E-state index contributed by atoms with van der Waals surface area (Å²) in [7, 11) is 0. The molecule has 0 radical (unpaired) electrons. The number of aliphatic hydroxyl groups is 1. The van der Waals surface area contributed by atoms with Crippen LogP contribution < -0.4 is 4.74 Å².